The van der Waals surface area contributed by atoms with E-state index in [0.717, 1.165) is 5.56 Å². The van der Waals surface area contributed by atoms with Crippen LogP contribution in [-0.4, -0.2) is 14.2 Å². The van der Waals surface area contributed by atoms with Crippen LogP contribution < -0.4 is 5.14 Å². The predicted molar refractivity (Wildman–Crippen MR) is 53.5 cm³/mol. The second-order valence-corrected chi connectivity index (χ2v) is 4.30. The van der Waals surface area contributed by atoms with Gasteiger partial charge in [-0.15, -0.1) is 0 Å². The van der Waals surface area contributed by atoms with Crippen molar-refractivity contribution in [1.29, 1.82) is 0 Å². The number of hydrogen-bond acceptors (Lipinski definition) is 2. The van der Waals surface area contributed by atoms with Gasteiger partial charge in [0.1, 0.15) is 0 Å². The first-order chi connectivity index (χ1) is 6.08. The van der Waals surface area contributed by atoms with Crippen LogP contribution in [0.4, 0.5) is 0 Å². The highest BCUT2D eigenvalue weighted by Gasteiger charge is 1.95. The third-order valence-corrected chi connectivity index (χ3v) is 2.10. The van der Waals surface area contributed by atoms with Gasteiger partial charge in [0, 0.05) is 0 Å². The third-order valence-electron chi connectivity index (χ3n) is 1.44. The van der Waals surface area contributed by atoms with E-state index in [0.29, 0.717) is 0 Å². The van der Waals surface area contributed by atoms with Gasteiger partial charge in [-0.25, -0.2) is 13.6 Å². The summed E-state index contributed by atoms with van der Waals surface area (Å²) in [6.45, 7) is 0. The van der Waals surface area contributed by atoms with E-state index in [-0.39, 0.29) is 5.75 Å². The lowest BCUT2D eigenvalue weighted by Gasteiger charge is -1.91. The molecule has 0 aliphatic carbocycles. The van der Waals surface area contributed by atoms with E-state index in [1.54, 1.807) is 6.08 Å². The van der Waals surface area contributed by atoms with Gasteiger partial charge in [0.25, 0.3) is 0 Å². The second-order valence-electron chi connectivity index (χ2n) is 2.64. The fourth-order valence-corrected chi connectivity index (χ4v) is 1.25. The number of primary sulfonamides is 1. The van der Waals surface area contributed by atoms with Crippen molar-refractivity contribution in [3.05, 3.63) is 42.0 Å². The van der Waals surface area contributed by atoms with Crippen LogP contribution in [0.1, 0.15) is 5.56 Å². The first-order valence-corrected chi connectivity index (χ1v) is 5.51. The highest BCUT2D eigenvalue weighted by Crippen LogP contribution is 2.00. The van der Waals surface area contributed by atoms with Crippen LogP contribution in [0.5, 0.6) is 0 Å². The topological polar surface area (TPSA) is 60.2 Å². The maximum Gasteiger partial charge on any atom is 0.212 e. The molecule has 0 atom stereocenters. The van der Waals surface area contributed by atoms with Gasteiger partial charge < -0.3 is 0 Å². The molecule has 0 bridgehead atoms. The predicted octanol–water partition coefficient (Wildman–Crippen LogP) is 0.988. The molecule has 0 saturated carbocycles. The van der Waals surface area contributed by atoms with Gasteiger partial charge in [-0.05, 0) is 5.56 Å². The van der Waals surface area contributed by atoms with E-state index in [1.165, 1.54) is 6.08 Å². The largest absolute Gasteiger partial charge is 0.228 e. The Hall–Kier alpha value is -1.13. The fourth-order valence-electron chi connectivity index (χ4n) is 0.882. The highest BCUT2D eigenvalue weighted by atomic mass is 32.2. The number of hydrogen-bond donors (Lipinski definition) is 1. The van der Waals surface area contributed by atoms with E-state index in [9.17, 15) is 8.42 Å². The number of sulfonamides is 1. The standard InChI is InChI=1S/C9H11NO2S/c10-13(11,12)8-4-7-9-5-2-1-3-6-9/h1-7H,8H2,(H2,10,11,12)/i9+2. The Kier molecular flexibility index (Phi) is 3.22. The number of benzene rings is 1. The first kappa shape index (κ1) is 9.95. The summed E-state index contributed by atoms with van der Waals surface area (Å²) in [6.07, 6.45) is 3.26. The number of rotatable bonds is 3. The summed E-state index contributed by atoms with van der Waals surface area (Å²) in [5.74, 6) is -0.123. The van der Waals surface area contributed by atoms with E-state index >= 15 is 0 Å². The molecule has 3 nitrogen and oxygen atoms in total. The van der Waals surface area contributed by atoms with Gasteiger partial charge in [-0.3, -0.25) is 0 Å². The Balaban J connectivity index is 2.61. The fraction of sp³-hybridized carbons (Fsp3) is 0.111. The zero-order valence-electron chi connectivity index (χ0n) is 7.05. The third kappa shape index (κ3) is 4.45. The molecule has 1 aromatic carbocycles. The van der Waals surface area contributed by atoms with Crippen LogP contribution in [0.15, 0.2) is 36.4 Å². The summed E-state index contributed by atoms with van der Waals surface area (Å²) in [7, 11) is -3.38. The molecule has 4 heteroatoms. The van der Waals surface area contributed by atoms with E-state index in [2.05, 4.69) is 0 Å². The van der Waals surface area contributed by atoms with Gasteiger partial charge >= 0.3 is 0 Å². The van der Waals surface area contributed by atoms with Crippen LogP contribution in [0.2, 0.25) is 0 Å². The average Bonchev–Trinajstić information content (AvgIpc) is 2.04. The van der Waals surface area contributed by atoms with Gasteiger partial charge in [0.2, 0.25) is 10.0 Å². The maximum atomic E-state index is 10.5. The Morgan fingerprint density at radius 2 is 1.85 bits per heavy atom. The normalized spacial score (nSPS) is 12.1. The lowest BCUT2D eigenvalue weighted by Crippen LogP contribution is -2.14. The summed E-state index contributed by atoms with van der Waals surface area (Å²) >= 11 is 0. The van der Waals surface area contributed by atoms with Crippen LogP contribution in [-0.2, 0) is 10.0 Å². The lowest BCUT2D eigenvalue weighted by atomic mass is 10.5. The molecule has 0 saturated heterocycles. The second kappa shape index (κ2) is 4.20. The molecular weight excluding hydrogens is 188 g/mol. The van der Waals surface area contributed by atoms with Crippen molar-refractivity contribution in [2.75, 3.05) is 5.75 Å². The van der Waals surface area contributed by atoms with Crippen molar-refractivity contribution in [1.82, 2.24) is 0 Å². The van der Waals surface area contributed by atoms with Crippen molar-refractivity contribution in [3.63, 3.8) is 0 Å². The molecular formula is C9H11NO2S. The van der Waals surface area contributed by atoms with Crippen LogP contribution in [0.3, 0.4) is 0 Å². The molecule has 0 heterocycles. The summed E-state index contributed by atoms with van der Waals surface area (Å²) in [5.41, 5.74) is 0.964. The summed E-state index contributed by atoms with van der Waals surface area (Å²) < 4.78 is 21.1. The quantitative estimate of drug-likeness (QED) is 0.789. The smallest absolute Gasteiger partial charge is 0.212 e. The van der Waals surface area contributed by atoms with Gasteiger partial charge in [-0.2, -0.15) is 0 Å². The monoisotopic (exact) mass is 199 g/mol. The Morgan fingerprint density at radius 3 is 2.38 bits per heavy atom. The van der Waals surface area contributed by atoms with E-state index < -0.39 is 10.0 Å². The molecule has 1 aromatic rings. The van der Waals surface area contributed by atoms with Crippen molar-refractivity contribution < 1.29 is 8.42 Å². The highest BCUT2D eigenvalue weighted by molar-refractivity contribution is 7.89. The lowest BCUT2D eigenvalue weighted by molar-refractivity contribution is 0.600. The molecule has 13 heavy (non-hydrogen) atoms. The summed E-state index contributed by atoms with van der Waals surface area (Å²) in [4.78, 5) is 0. The molecule has 1 rings (SSSR count). The summed E-state index contributed by atoms with van der Waals surface area (Å²) in [6, 6.07) is 9.45. The van der Waals surface area contributed by atoms with Gasteiger partial charge in [0.15, 0.2) is 0 Å². The minimum atomic E-state index is -3.38. The van der Waals surface area contributed by atoms with Crippen molar-refractivity contribution in [2.24, 2.45) is 5.14 Å². The molecule has 0 aromatic heterocycles. The SMILES string of the molecule is NS(=O)(=O)CC=C[14c]1ccccc1. The van der Waals surface area contributed by atoms with Crippen molar-refractivity contribution >= 4 is 16.1 Å². The van der Waals surface area contributed by atoms with Crippen LogP contribution in [0.25, 0.3) is 6.08 Å². The molecule has 0 radical (unpaired) electrons. The first-order valence-electron chi connectivity index (χ1n) is 3.80. The Morgan fingerprint density at radius 1 is 1.23 bits per heavy atom. The van der Waals surface area contributed by atoms with E-state index in [4.69, 9.17) is 5.14 Å². The van der Waals surface area contributed by atoms with Gasteiger partial charge in [-0.1, -0.05) is 42.5 Å². The van der Waals surface area contributed by atoms with Gasteiger partial charge in [0.05, 0.1) is 5.75 Å². The zero-order valence-corrected chi connectivity index (χ0v) is 7.87. The minimum Gasteiger partial charge on any atom is -0.228 e. The van der Waals surface area contributed by atoms with Crippen LogP contribution >= 0.6 is 0 Å². The molecule has 0 fully saturated rings. The van der Waals surface area contributed by atoms with Crippen LogP contribution in [0, 0.1) is 0 Å². The Bertz CT molecular complexity index is 381. The van der Waals surface area contributed by atoms with E-state index in [1.807, 2.05) is 30.3 Å². The minimum absolute atomic E-state index is 0.123. The molecule has 0 aliphatic heterocycles. The summed E-state index contributed by atoms with van der Waals surface area (Å²) in [5, 5.41) is 4.82. The average molecular weight is 199 g/mol. The molecule has 2 N–H and O–H groups in total. The molecule has 70 valence electrons. The molecule has 0 amide bonds. The molecule has 0 unspecified atom stereocenters. The molecule has 0 aliphatic rings. The Labute approximate surface area is 77.9 Å². The maximum absolute atomic E-state index is 10.5. The number of nitrogens with two attached hydrogens (primary N) is 1. The zero-order chi connectivity index (χ0) is 9.73. The van der Waals surface area contributed by atoms with Crippen molar-refractivity contribution in [3.8, 4) is 0 Å². The van der Waals surface area contributed by atoms with Crippen molar-refractivity contribution in [2.45, 2.75) is 0 Å². The molecule has 0 spiro atoms.